The van der Waals surface area contributed by atoms with Crippen LogP contribution in [0.25, 0.3) is 0 Å². The number of aliphatic hydroxyl groups is 5. The van der Waals surface area contributed by atoms with Crippen molar-refractivity contribution in [3.63, 3.8) is 0 Å². The molecule has 21 heavy (non-hydrogen) atoms. The highest BCUT2D eigenvalue weighted by Gasteiger charge is 2.37. The molecule has 4 atom stereocenters. The molecule has 0 spiro atoms. The van der Waals surface area contributed by atoms with Crippen LogP contribution in [0, 0.1) is 5.92 Å². The molecular formula is C13H22O8. The Morgan fingerprint density at radius 2 is 1.57 bits per heavy atom. The average Bonchev–Trinajstić information content (AvgIpc) is 2.52. The number of ether oxygens (including phenoxy) is 1. The highest BCUT2D eigenvalue weighted by atomic mass is 16.6. The third-order valence-corrected chi connectivity index (χ3v) is 3.64. The Balaban J connectivity index is 2.51. The number of hydrogen-bond acceptors (Lipinski definition) is 8. The van der Waals surface area contributed by atoms with Gasteiger partial charge in [0, 0.05) is 0 Å². The highest BCUT2D eigenvalue weighted by Crippen LogP contribution is 2.24. The second-order valence-corrected chi connectivity index (χ2v) is 5.25. The number of esters is 2. The maximum absolute atomic E-state index is 11.7. The van der Waals surface area contributed by atoms with Crippen molar-refractivity contribution in [1.82, 2.24) is 0 Å². The van der Waals surface area contributed by atoms with Gasteiger partial charge in [0.2, 0.25) is 0 Å². The van der Waals surface area contributed by atoms with E-state index in [9.17, 15) is 24.9 Å². The van der Waals surface area contributed by atoms with Crippen LogP contribution >= 0.6 is 0 Å². The van der Waals surface area contributed by atoms with Crippen molar-refractivity contribution in [2.45, 2.75) is 56.5 Å². The van der Waals surface area contributed by atoms with Crippen LogP contribution in [-0.2, 0) is 14.3 Å². The summed E-state index contributed by atoms with van der Waals surface area (Å²) in [6, 6.07) is 0. The number of carbonyl (C=O) groups is 2. The Morgan fingerprint density at radius 1 is 1.00 bits per heavy atom. The molecule has 1 rings (SSSR count). The van der Waals surface area contributed by atoms with E-state index in [0.29, 0.717) is 12.8 Å². The molecule has 5 N–H and O–H groups in total. The lowest BCUT2D eigenvalue weighted by Crippen LogP contribution is -2.49. The molecule has 0 radical (unpaired) electrons. The molecule has 0 saturated heterocycles. The SMILES string of the molecule is O=C(OC(=O)[C@H](O)[C@@H](O)[C@H](O)[C@H](O)CO)C1CCCCC1. The molecule has 1 fully saturated rings. The lowest BCUT2D eigenvalue weighted by atomic mass is 9.89. The fourth-order valence-electron chi connectivity index (χ4n) is 2.24. The lowest BCUT2D eigenvalue weighted by molar-refractivity contribution is -0.179. The molecule has 0 unspecified atom stereocenters. The molecular weight excluding hydrogens is 284 g/mol. The molecule has 0 aromatic heterocycles. The van der Waals surface area contributed by atoms with Gasteiger partial charge in [-0.1, -0.05) is 19.3 Å². The van der Waals surface area contributed by atoms with Crippen LogP contribution < -0.4 is 0 Å². The zero-order valence-corrected chi connectivity index (χ0v) is 11.6. The first-order valence-corrected chi connectivity index (χ1v) is 6.97. The van der Waals surface area contributed by atoms with Crippen molar-refractivity contribution in [3.05, 3.63) is 0 Å². The predicted molar refractivity (Wildman–Crippen MR) is 68.8 cm³/mol. The van der Waals surface area contributed by atoms with Crippen LogP contribution in [0.15, 0.2) is 0 Å². The van der Waals surface area contributed by atoms with Gasteiger partial charge in [-0.2, -0.15) is 0 Å². The fraction of sp³-hybridized carbons (Fsp3) is 0.846. The minimum atomic E-state index is -2.19. The first-order valence-electron chi connectivity index (χ1n) is 6.97. The van der Waals surface area contributed by atoms with E-state index < -0.39 is 48.9 Å². The lowest BCUT2D eigenvalue weighted by Gasteiger charge is -2.25. The summed E-state index contributed by atoms with van der Waals surface area (Å²) in [6.07, 6.45) is -3.97. The van der Waals surface area contributed by atoms with Crippen molar-refractivity contribution in [3.8, 4) is 0 Å². The third-order valence-electron chi connectivity index (χ3n) is 3.64. The highest BCUT2D eigenvalue weighted by molar-refractivity contribution is 5.89. The zero-order valence-electron chi connectivity index (χ0n) is 11.6. The van der Waals surface area contributed by atoms with E-state index in [1.165, 1.54) is 0 Å². The molecule has 0 aromatic rings. The fourth-order valence-corrected chi connectivity index (χ4v) is 2.24. The van der Waals surface area contributed by atoms with Gasteiger partial charge in [0.1, 0.15) is 18.3 Å². The molecule has 122 valence electrons. The standard InChI is InChI=1S/C13H22O8/c14-6-8(15)9(16)10(17)11(18)13(20)21-12(19)7-4-2-1-3-5-7/h7-11,14-18H,1-6H2/t8-,9-,10+,11-/m1/s1. The summed E-state index contributed by atoms with van der Waals surface area (Å²) >= 11 is 0. The van der Waals surface area contributed by atoms with Crippen LogP contribution in [0.1, 0.15) is 32.1 Å². The third kappa shape index (κ3) is 5.01. The van der Waals surface area contributed by atoms with E-state index in [2.05, 4.69) is 4.74 Å². The predicted octanol–water partition coefficient (Wildman–Crippen LogP) is -1.93. The number of rotatable bonds is 6. The summed E-state index contributed by atoms with van der Waals surface area (Å²) in [5.74, 6) is -2.55. The zero-order chi connectivity index (χ0) is 16.0. The minimum Gasteiger partial charge on any atom is -0.394 e. The van der Waals surface area contributed by atoms with E-state index in [4.69, 9.17) is 10.2 Å². The van der Waals surface area contributed by atoms with Crippen LogP contribution in [0.4, 0.5) is 0 Å². The van der Waals surface area contributed by atoms with Gasteiger partial charge in [-0.15, -0.1) is 0 Å². The molecule has 1 saturated carbocycles. The smallest absolute Gasteiger partial charge is 0.345 e. The second kappa shape index (κ2) is 8.40. The summed E-state index contributed by atoms with van der Waals surface area (Å²) < 4.78 is 4.49. The van der Waals surface area contributed by atoms with Crippen molar-refractivity contribution in [2.24, 2.45) is 5.92 Å². The minimum absolute atomic E-state index is 0.403. The van der Waals surface area contributed by atoms with Crippen LogP contribution in [-0.4, -0.2) is 68.5 Å². The summed E-state index contributed by atoms with van der Waals surface area (Å²) in [4.78, 5) is 23.3. The van der Waals surface area contributed by atoms with E-state index in [1.54, 1.807) is 0 Å². The Morgan fingerprint density at radius 3 is 2.10 bits per heavy atom. The molecule has 0 heterocycles. The Hall–Kier alpha value is -1.06. The van der Waals surface area contributed by atoms with Gasteiger partial charge in [0.15, 0.2) is 6.10 Å². The van der Waals surface area contributed by atoms with Crippen molar-refractivity contribution in [1.29, 1.82) is 0 Å². The van der Waals surface area contributed by atoms with Crippen LogP contribution in [0.2, 0.25) is 0 Å². The summed E-state index contributed by atoms with van der Waals surface area (Å²) in [5.41, 5.74) is 0. The maximum atomic E-state index is 11.7. The first kappa shape index (κ1) is 18.0. The van der Waals surface area contributed by atoms with Crippen molar-refractivity contribution in [2.75, 3.05) is 6.61 Å². The second-order valence-electron chi connectivity index (χ2n) is 5.25. The van der Waals surface area contributed by atoms with Crippen molar-refractivity contribution >= 4 is 11.9 Å². The largest absolute Gasteiger partial charge is 0.394 e. The molecule has 0 aliphatic heterocycles. The van der Waals surface area contributed by atoms with Crippen LogP contribution in [0.3, 0.4) is 0 Å². The molecule has 1 aliphatic carbocycles. The number of aliphatic hydroxyl groups excluding tert-OH is 5. The quantitative estimate of drug-likeness (QED) is 0.282. The van der Waals surface area contributed by atoms with E-state index in [0.717, 1.165) is 19.3 Å². The van der Waals surface area contributed by atoms with Gasteiger partial charge in [-0.05, 0) is 12.8 Å². The Kier molecular flexibility index (Phi) is 7.20. The van der Waals surface area contributed by atoms with Gasteiger partial charge in [-0.25, -0.2) is 4.79 Å². The first-order chi connectivity index (χ1) is 9.88. The summed E-state index contributed by atoms with van der Waals surface area (Å²) in [5, 5.41) is 46.1. The van der Waals surface area contributed by atoms with Gasteiger partial charge in [0.25, 0.3) is 0 Å². The van der Waals surface area contributed by atoms with Crippen molar-refractivity contribution < 1.29 is 39.9 Å². The van der Waals surface area contributed by atoms with E-state index in [1.807, 2.05) is 0 Å². The average molecular weight is 306 g/mol. The molecule has 0 amide bonds. The topological polar surface area (TPSA) is 145 Å². The Labute approximate surface area is 122 Å². The molecule has 8 heteroatoms. The number of hydrogen-bond donors (Lipinski definition) is 5. The normalized spacial score (nSPS) is 22.1. The van der Waals surface area contributed by atoms with Gasteiger partial charge < -0.3 is 30.3 Å². The van der Waals surface area contributed by atoms with E-state index in [-0.39, 0.29) is 0 Å². The maximum Gasteiger partial charge on any atom is 0.345 e. The molecule has 0 aromatic carbocycles. The van der Waals surface area contributed by atoms with Gasteiger partial charge >= 0.3 is 11.9 Å². The summed E-state index contributed by atoms with van der Waals surface area (Å²) in [7, 11) is 0. The van der Waals surface area contributed by atoms with Gasteiger partial charge in [-0.3, -0.25) is 4.79 Å². The monoisotopic (exact) mass is 306 g/mol. The van der Waals surface area contributed by atoms with E-state index >= 15 is 0 Å². The van der Waals surface area contributed by atoms with Gasteiger partial charge in [0.05, 0.1) is 12.5 Å². The number of carbonyl (C=O) groups excluding carboxylic acids is 2. The summed E-state index contributed by atoms with van der Waals surface area (Å²) in [6.45, 7) is -0.860. The van der Waals surface area contributed by atoms with Crippen LogP contribution in [0.5, 0.6) is 0 Å². The molecule has 8 nitrogen and oxygen atoms in total. The molecule has 0 bridgehead atoms. The Bertz CT molecular complexity index is 352. The molecule has 1 aliphatic rings.